The van der Waals surface area contributed by atoms with E-state index < -0.39 is 0 Å². The molecule has 0 amide bonds. The Hall–Kier alpha value is -0.830. The number of anilines is 1. The Balaban J connectivity index is 2.14. The maximum absolute atomic E-state index is 5.87. The predicted octanol–water partition coefficient (Wildman–Crippen LogP) is 4.01. The van der Waals surface area contributed by atoms with Crippen molar-refractivity contribution in [2.75, 3.05) is 11.4 Å². The van der Waals surface area contributed by atoms with Crippen molar-refractivity contribution in [3.05, 3.63) is 18.1 Å². The Bertz CT molecular complexity index is 389. The molecule has 0 saturated heterocycles. The molecule has 106 valence electrons. The molecule has 1 aromatic heterocycles. The summed E-state index contributed by atoms with van der Waals surface area (Å²) < 4.78 is 0. The normalized spacial score (nSPS) is 16.2. The summed E-state index contributed by atoms with van der Waals surface area (Å²) in [6.45, 7) is 5.62. The van der Waals surface area contributed by atoms with Crippen molar-refractivity contribution in [1.82, 2.24) is 9.97 Å². The molecule has 0 aliphatic heterocycles. The van der Waals surface area contributed by atoms with Crippen LogP contribution in [0.2, 0.25) is 0 Å². The maximum atomic E-state index is 5.87. The zero-order valence-corrected chi connectivity index (χ0v) is 12.7. The van der Waals surface area contributed by atoms with Crippen LogP contribution >= 0.6 is 11.6 Å². The Morgan fingerprint density at radius 2 is 2.05 bits per heavy atom. The fourth-order valence-corrected chi connectivity index (χ4v) is 2.82. The van der Waals surface area contributed by atoms with Gasteiger partial charge >= 0.3 is 0 Å². The zero-order valence-electron chi connectivity index (χ0n) is 12.0. The third-order valence-electron chi connectivity index (χ3n) is 3.82. The third kappa shape index (κ3) is 4.07. The van der Waals surface area contributed by atoms with Gasteiger partial charge in [0.05, 0.1) is 17.8 Å². The van der Waals surface area contributed by atoms with Gasteiger partial charge in [-0.15, -0.1) is 11.6 Å². The molecule has 1 aliphatic rings. The molecule has 1 aliphatic carbocycles. The van der Waals surface area contributed by atoms with Crippen molar-refractivity contribution < 1.29 is 0 Å². The second-order valence-electron chi connectivity index (χ2n) is 5.82. The molecule has 4 heteroatoms. The van der Waals surface area contributed by atoms with Crippen LogP contribution in [-0.2, 0) is 5.88 Å². The third-order valence-corrected chi connectivity index (χ3v) is 4.09. The van der Waals surface area contributed by atoms with Gasteiger partial charge in [0.25, 0.3) is 0 Å². The summed E-state index contributed by atoms with van der Waals surface area (Å²) in [5, 5.41) is 0. The van der Waals surface area contributed by atoms with Gasteiger partial charge in [0.15, 0.2) is 0 Å². The van der Waals surface area contributed by atoms with E-state index >= 15 is 0 Å². The summed E-state index contributed by atoms with van der Waals surface area (Å²) in [5.74, 6) is 2.16. The molecule has 0 N–H and O–H groups in total. The van der Waals surface area contributed by atoms with Gasteiger partial charge in [-0.3, -0.25) is 4.98 Å². The van der Waals surface area contributed by atoms with E-state index in [0.717, 1.165) is 18.1 Å². The first-order valence-corrected chi connectivity index (χ1v) is 7.87. The second kappa shape index (κ2) is 7.09. The van der Waals surface area contributed by atoms with E-state index in [-0.39, 0.29) is 0 Å². The van der Waals surface area contributed by atoms with E-state index in [1.54, 1.807) is 6.20 Å². The van der Waals surface area contributed by atoms with Crippen molar-refractivity contribution in [2.24, 2.45) is 5.92 Å². The summed E-state index contributed by atoms with van der Waals surface area (Å²) in [6.07, 6.45) is 10.1. The van der Waals surface area contributed by atoms with Gasteiger partial charge in [0, 0.05) is 18.8 Å². The number of halogens is 1. The van der Waals surface area contributed by atoms with Crippen LogP contribution in [0, 0.1) is 5.92 Å². The van der Waals surface area contributed by atoms with Crippen molar-refractivity contribution >= 4 is 17.4 Å². The average molecular weight is 282 g/mol. The minimum absolute atomic E-state index is 0.434. The quantitative estimate of drug-likeness (QED) is 0.738. The lowest BCUT2D eigenvalue weighted by Crippen LogP contribution is -2.35. The largest absolute Gasteiger partial charge is 0.352 e. The van der Waals surface area contributed by atoms with E-state index in [4.69, 9.17) is 11.6 Å². The predicted molar refractivity (Wildman–Crippen MR) is 80.6 cm³/mol. The fraction of sp³-hybridized carbons (Fsp3) is 0.733. The standard InChI is InChI=1S/C15H24ClN3/c1-12(2)7-8-19(14-5-3-4-6-14)15-11-17-10-13(9-16)18-15/h10-12,14H,3-9H2,1-2H3. The van der Waals surface area contributed by atoms with Crippen molar-refractivity contribution in [3.63, 3.8) is 0 Å². The Kier molecular flexibility index (Phi) is 5.44. The summed E-state index contributed by atoms with van der Waals surface area (Å²) >= 11 is 5.87. The number of hydrogen-bond acceptors (Lipinski definition) is 3. The molecule has 1 aromatic rings. The molecule has 3 nitrogen and oxygen atoms in total. The van der Waals surface area contributed by atoms with Gasteiger partial charge in [0.1, 0.15) is 5.82 Å². The molecular formula is C15H24ClN3. The van der Waals surface area contributed by atoms with E-state index in [9.17, 15) is 0 Å². The van der Waals surface area contributed by atoms with E-state index in [1.807, 2.05) is 6.20 Å². The highest BCUT2D eigenvalue weighted by Crippen LogP contribution is 2.27. The van der Waals surface area contributed by atoms with Crippen LogP contribution in [0.5, 0.6) is 0 Å². The Morgan fingerprint density at radius 1 is 1.32 bits per heavy atom. The summed E-state index contributed by atoms with van der Waals surface area (Å²) in [5.41, 5.74) is 0.867. The van der Waals surface area contributed by atoms with Gasteiger partial charge < -0.3 is 4.90 Å². The minimum atomic E-state index is 0.434. The van der Waals surface area contributed by atoms with Crippen LogP contribution in [-0.4, -0.2) is 22.6 Å². The average Bonchev–Trinajstić information content (AvgIpc) is 2.93. The molecule has 0 aromatic carbocycles. The van der Waals surface area contributed by atoms with Crippen molar-refractivity contribution in [1.29, 1.82) is 0 Å². The van der Waals surface area contributed by atoms with Crippen LogP contribution < -0.4 is 4.90 Å². The number of hydrogen-bond donors (Lipinski definition) is 0. The lowest BCUT2D eigenvalue weighted by molar-refractivity contribution is 0.524. The summed E-state index contributed by atoms with van der Waals surface area (Å²) in [4.78, 5) is 11.4. The first-order valence-electron chi connectivity index (χ1n) is 7.34. The van der Waals surface area contributed by atoms with E-state index in [0.29, 0.717) is 17.8 Å². The molecule has 0 unspecified atom stereocenters. The monoisotopic (exact) mass is 281 g/mol. The van der Waals surface area contributed by atoms with Gasteiger partial charge in [-0.1, -0.05) is 26.7 Å². The van der Waals surface area contributed by atoms with Gasteiger partial charge in [-0.2, -0.15) is 0 Å². The molecule has 1 fully saturated rings. The lowest BCUT2D eigenvalue weighted by Gasteiger charge is -2.30. The lowest BCUT2D eigenvalue weighted by atomic mass is 10.1. The highest BCUT2D eigenvalue weighted by Gasteiger charge is 2.24. The second-order valence-corrected chi connectivity index (χ2v) is 6.08. The minimum Gasteiger partial charge on any atom is -0.352 e. The van der Waals surface area contributed by atoms with Crippen LogP contribution in [0.15, 0.2) is 12.4 Å². The van der Waals surface area contributed by atoms with Gasteiger partial charge in [0.2, 0.25) is 0 Å². The molecule has 1 heterocycles. The van der Waals surface area contributed by atoms with Crippen molar-refractivity contribution in [2.45, 2.75) is 57.9 Å². The van der Waals surface area contributed by atoms with E-state index in [2.05, 4.69) is 28.7 Å². The molecule has 1 saturated carbocycles. The maximum Gasteiger partial charge on any atom is 0.147 e. The first kappa shape index (κ1) is 14.6. The highest BCUT2D eigenvalue weighted by molar-refractivity contribution is 6.16. The zero-order chi connectivity index (χ0) is 13.7. The molecule has 0 spiro atoms. The Morgan fingerprint density at radius 3 is 2.68 bits per heavy atom. The van der Waals surface area contributed by atoms with Crippen LogP contribution in [0.1, 0.15) is 51.6 Å². The topological polar surface area (TPSA) is 29.0 Å². The molecule has 0 radical (unpaired) electrons. The molecule has 0 atom stereocenters. The number of aromatic nitrogens is 2. The van der Waals surface area contributed by atoms with Crippen LogP contribution in [0.3, 0.4) is 0 Å². The van der Waals surface area contributed by atoms with Gasteiger partial charge in [-0.25, -0.2) is 4.98 Å². The fourth-order valence-electron chi connectivity index (χ4n) is 2.70. The van der Waals surface area contributed by atoms with Gasteiger partial charge in [-0.05, 0) is 25.2 Å². The highest BCUT2D eigenvalue weighted by atomic mass is 35.5. The molecule has 0 bridgehead atoms. The smallest absolute Gasteiger partial charge is 0.147 e. The molecule has 19 heavy (non-hydrogen) atoms. The molecular weight excluding hydrogens is 258 g/mol. The number of rotatable bonds is 6. The van der Waals surface area contributed by atoms with Crippen molar-refractivity contribution in [3.8, 4) is 0 Å². The summed E-state index contributed by atoms with van der Waals surface area (Å²) in [7, 11) is 0. The summed E-state index contributed by atoms with van der Waals surface area (Å²) in [6, 6.07) is 0.638. The number of nitrogens with zero attached hydrogens (tertiary/aromatic N) is 3. The molecule has 2 rings (SSSR count). The van der Waals surface area contributed by atoms with E-state index in [1.165, 1.54) is 32.1 Å². The van der Waals surface area contributed by atoms with Crippen LogP contribution in [0.4, 0.5) is 5.82 Å². The van der Waals surface area contributed by atoms with Crippen LogP contribution in [0.25, 0.3) is 0 Å². The SMILES string of the molecule is CC(C)CCN(c1cncc(CCl)n1)C1CCCC1. The Labute approximate surface area is 121 Å². The first-order chi connectivity index (χ1) is 9.20. The number of alkyl halides is 1.